The fraction of sp³-hybridized carbons (Fsp3) is 0.750. The van der Waals surface area contributed by atoms with Gasteiger partial charge in [0.15, 0.2) is 0 Å². The topological polar surface area (TPSA) is 84.6 Å². The second-order valence-electron chi connectivity index (χ2n) is 3.11. The predicted octanol–water partition coefficient (Wildman–Crippen LogP) is -1.15. The first kappa shape index (κ1) is 9.96. The summed E-state index contributed by atoms with van der Waals surface area (Å²) in [7, 11) is 0. The van der Waals surface area contributed by atoms with E-state index in [1.165, 1.54) is 4.90 Å². The van der Waals surface area contributed by atoms with Crippen LogP contribution < -0.4 is 0 Å². The molecule has 2 atom stereocenters. The van der Waals surface area contributed by atoms with Crippen LogP contribution in [0.4, 0.5) is 0 Å². The van der Waals surface area contributed by atoms with Gasteiger partial charge in [0.25, 0.3) is 0 Å². The highest BCUT2D eigenvalue weighted by atomic mass is 16.3. The van der Waals surface area contributed by atoms with Crippen LogP contribution >= 0.6 is 0 Å². The van der Waals surface area contributed by atoms with E-state index in [-0.39, 0.29) is 31.5 Å². The fourth-order valence-electron chi connectivity index (χ4n) is 1.54. The van der Waals surface area contributed by atoms with E-state index in [1.807, 2.05) is 0 Å². The molecule has 1 heterocycles. The average Bonchev–Trinajstić information content (AvgIpc) is 2.47. The zero-order chi connectivity index (χ0) is 9.84. The number of nitriles is 1. The van der Waals surface area contributed by atoms with Crippen molar-refractivity contribution in [1.82, 2.24) is 4.90 Å². The second-order valence-corrected chi connectivity index (χ2v) is 3.11. The zero-order valence-corrected chi connectivity index (χ0v) is 7.18. The maximum atomic E-state index is 11.2. The molecular formula is C8H12N2O3. The van der Waals surface area contributed by atoms with E-state index < -0.39 is 6.10 Å². The summed E-state index contributed by atoms with van der Waals surface area (Å²) in [6.07, 6.45) is -0.364. The number of β-amino-alcohol motifs (C(OH)–C–C–N with tert-alkyl or cyclic N) is 1. The average molecular weight is 184 g/mol. The molecule has 5 nitrogen and oxygen atoms in total. The third kappa shape index (κ3) is 2.17. The van der Waals surface area contributed by atoms with Gasteiger partial charge in [0.2, 0.25) is 5.91 Å². The molecule has 0 saturated carbocycles. The minimum Gasteiger partial charge on any atom is -0.394 e. The smallest absolute Gasteiger partial charge is 0.237 e. The van der Waals surface area contributed by atoms with Gasteiger partial charge in [0.05, 0.1) is 24.8 Å². The van der Waals surface area contributed by atoms with Crippen molar-refractivity contribution in [3.63, 3.8) is 0 Å². The number of likely N-dealkylation sites (tertiary alicyclic amines) is 1. The first-order chi connectivity index (χ1) is 6.19. The van der Waals surface area contributed by atoms with Gasteiger partial charge >= 0.3 is 0 Å². The SMILES string of the molecule is N#CCC(=O)N1C[C@H](O)C[C@H]1CO. The lowest BCUT2D eigenvalue weighted by atomic mass is 10.2. The molecule has 2 N–H and O–H groups in total. The highest BCUT2D eigenvalue weighted by Gasteiger charge is 2.33. The minimum atomic E-state index is -0.570. The Morgan fingerprint density at radius 3 is 2.92 bits per heavy atom. The molecule has 1 saturated heterocycles. The van der Waals surface area contributed by atoms with Gasteiger partial charge < -0.3 is 15.1 Å². The number of aliphatic hydroxyl groups excluding tert-OH is 2. The van der Waals surface area contributed by atoms with E-state index in [4.69, 9.17) is 10.4 Å². The van der Waals surface area contributed by atoms with Crippen molar-refractivity contribution >= 4 is 5.91 Å². The lowest BCUT2D eigenvalue weighted by Gasteiger charge is -2.21. The molecule has 0 aromatic heterocycles. The van der Waals surface area contributed by atoms with Crippen molar-refractivity contribution in [1.29, 1.82) is 5.26 Å². The van der Waals surface area contributed by atoms with Crippen LogP contribution in [0.1, 0.15) is 12.8 Å². The van der Waals surface area contributed by atoms with Gasteiger partial charge in [-0.25, -0.2) is 0 Å². The lowest BCUT2D eigenvalue weighted by Crippen LogP contribution is -2.37. The number of nitrogens with zero attached hydrogens (tertiary/aromatic N) is 2. The van der Waals surface area contributed by atoms with Gasteiger partial charge in [-0.2, -0.15) is 5.26 Å². The van der Waals surface area contributed by atoms with Gasteiger partial charge in [-0.3, -0.25) is 4.79 Å². The number of aliphatic hydroxyl groups is 2. The lowest BCUT2D eigenvalue weighted by molar-refractivity contribution is -0.131. The molecule has 0 aromatic carbocycles. The molecule has 0 unspecified atom stereocenters. The molecule has 0 aliphatic carbocycles. The molecule has 1 rings (SSSR count). The first-order valence-corrected chi connectivity index (χ1v) is 4.14. The summed E-state index contributed by atoms with van der Waals surface area (Å²) in [5, 5.41) is 26.4. The standard InChI is InChI=1S/C8H12N2O3/c9-2-1-8(13)10-4-7(12)3-6(10)5-11/h6-7,11-12H,1,3-5H2/t6-,7+/m0/s1. The fourth-order valence-corrected chi connectivity index (χ4v) is 1.54. The van der Waals surface area contributed by atoms with E-state index in [1.54, 1.807) is 6.07 Å². The number of carbonyl (C=O) groups excluding carboxylic acids is 1. The molecule has 5 heteroatoms. The Bertz CT molecular complexity index is 236. The molecule has 0 spiro atoms. The third-order valence-electron chi connectivity index (χ3n) is 2.15. The molecule has 72 valence electrons. The molecule has 0 aromatic rings. The van der Waals surface area contributed by atoms with Gasteiger partial charge in [0, 0.05) is 6.54 Å². The van der Waals surface area contributed by atoms with E-state index in [0.717, 1.165) is 0 Å². The summed E-state index contributed by atoms with van der Waals surface area (Å²) >= 11 is 0. The summed E-state index contributed by atoms with van der Waals surface area (Å²) in [5.41, 5.74) is 0. The van der Waals surface area contributed by atoms with Crippen molar-refractivity contribution in [2.45, 2.75) is 25.0 Å². The highest BCUT2D eigenvalue weighted by molar-refractivity contribution is 5.78. The van der Waals surface area contributed by atoms with Crippen LogP contribution in [0.3, 0.4) is 0 Å². The van der Waals surface area contributed by atoms with Crippen LogP contribution in [0.25, 0.3) is 0 Å². The largest absolute Gasteiger partial charge is 0.394 e. The van der Waals surface area contributed by atoms with Crippen LogP contribution in [-0.4, -0.2) is 46.3 Å². The zero-order valence-electron chi connectivity index (χ0n) is 7.18. The van der Waals surface area contributed by atoms with Gasteiger partial charge in [0.1, 0.15) is 6.42 Å². The van der Waals surface area contributed by atoms with E-state index in [9.17, 15) is 9.90 Å². The summed E-state index contributed by atoms with van der Waals surface area (Å²) in [4.78, 5) is 12.6. The quantitative estimate of drug-likeness (QED) is 0.567. The Morgan fingerprint density at radius 2 is 2.38 bits per heavy atom. The Morgan fingerprint density at radius 1 is 1.69 bits per heavy atom. The Labute approximate surface area is 76.2 Å². The van der Waals surface area contributed by atoms with Crippen molar-refractivity contribution in [2.75, 3.05) is 13.2 Å². The van der Waals surface area contributed by atoms with E-state index >= 15 is 0 Å². The molecule has 0 radical (unpaired) electrons. The van der Waals surface area contributed by atoms with Gasteiger partial charge in [-0.15, -0.1) is 0 Å². The monoisotopic (exact) mass is 184 g/mol. The van der Waals surface area contributed by atoms with Crippen LogP contribution in [0.15, 0.2) is 0 Å². The molecule has 1 fully saturated rings. The van der Waals surface area contributed by atoms with Crippen molar-refractivity contribution < 1.29 is 15.0 Å². The Kier molecular flexibility index (Phi) is 3.23. The predicted molar refractivity (Wildman–Crippen MR) is 43.4 cm³/mol. The van der Waals surface area contributed by atoms with Gasteiger partial charge in [-0.05, 0) is 6.42 Å². The van der Waals surface area contributed by atoms with Crippen LogP contribution in [0, 0.1) is 11.3 Å². The molecule has 13 heavy (non-hydrogen) atoms. The Hall–Kier alpha value is -1.12. The van der Waals surface area contributed by atoms with E-state index in [2.05, 4.69) is 0 Å². The molecule has 1 amide bonds. The van der Waals surface area contributed by atoms with Crippen molar-refractivity contribution in [3.05, 3.63) is 0 Å². The summed E-state index contributed by atoms with van der Waals surface area (Å²) in [6.45, 7) is 0.0694. The Balaban J connectivity index is 2.58. The van der Waals surface area contributed by atoms with Crippen molar-refractivity contribution in [3.8, 4) is 6.07 Å². The number of hydrogen-bond donors (Lipinski definition) is 2. The molecule has 1 aliphatic heterocycles. The molecule has 1 aliphatic rings. The second kappa shape index (κ2) is 4.21. The van der Waals surface area contributed by atoms with Crippen LogP contribution in [0.2, 0.25) is 0 Å². The number of amides is 1. The summed E-state index contributed by atoms with van der Waals surface area (Å²) < 4.78 is 0. The number of hydrogen-bond acceptors (Lipinski definition) is 4. The minimum absolute atomic E-state index is 0.159. The molecule has 0 bridgehead atoms. The number of carbonyl (C=O) groups is 1. The van der Waals surface area contributed by atoms with Gasteiger partial charge in [-0.1, -0.05) is 0 Å². The van der Waals surface area contributed by atoms with Crippen LogP contribution in [0.5, 0.6) is 0 Å². The highest BCUT2D eigenvalue weighted by Crippen LogP contribution is 2.17. The first-order valence-electron chi connectivity index (χ1n) is 4.14. The normalized spacial score (nSPS) is 27.3. The van der Waals surface area contributed by atoms with Crippen LogP contribution in [-0.2, 0) is 4.79 Å². The van der Waals surface area contributed by atoms with E-state index in [0.29, 0.717) is 6.42 Å². The maximum Gasteiger partial charge on any atom is 0.237 e. The maximum absolute atomic E-state index is 11.2. The molecular weight excluding hydrogens is 172 g/mol. The number of rotatable bonds is 2. The summed E-state index contributed by atoms with van der Waals surface area (Å²) in [6, 6.07) is 1.43. The van der Waals surface area contributed by atoms with Crippen molar-refractivity contribution in [2.24, 2.45) is 0 Å². The third-order valence-corrected chi connectivity index (χ3v) is 2.15. The summed E-state index contributed by atoms with van der Waals surface area (Å²) in [5.74, 6) is -0.321.